The number of amides is 3. The minimum atomic E-state index is -0.0489. The summed E-state index contributed by atoms with van der Waals surface area (Å²) in [4.78, 5) is 34.3. The van der Waals surface area contributed by atoms with E-state index in [2.05, 4.69) is 45.4 Å². The van der Waals surface area contributed by atoms with Gasteiger partial charge in [-0.1, -0.05) is 42.5 Å². The molecule has 8 heteroatoms. The van der Waals surface area contributed by atoms with Crippen LogP contribution in [0.1, 0.15) is 27.9 Å². The van der Waals surface area contributed by atoms with Crippen molar-refractivity contribution in [2.45, 2.75) is 19.5 Å². The Bertz CT molecular complexity index is 970. The lowest BCUT2D eigenvalue weighted by Crippen LogP contribution is -2.56. The highest BCUT2D eigenvalue weighted by atomic mass is 16.5. The summed E-state index contributed by atoms with van der Waals surface area (Å²) in [6.07, 6.45) is 0.800. The van der Waals surface area contributed by atoms with Crippen molar-refractivity contribution in [3.05, 3.63) is 71.3 Å². The zero-order valence-electron chi connectivity index (χ0n) is 21.4. The molecular weight excluding hydrogens is 454 g/mol. The summed E-state index contributed by atoms with van der Waals surface area (Å²) in [7, 11) is 1.66. The maximum Gasteiger partial charge on any atom is 0.320 e. The second-order valence-electron chi connectivity index (χ2n) is 9.60. The molecule has 2 aliphatic rings. The van der Waals surface area contributed by atoms with Crippen molar-refractivity contribution in [2.24, 2.45) is 0 Å². The van der Waals surface area contributed by atoms with E-state index in [1.807, 2.05) is 34.1 Å². The van der Waals surface area contributed by atoms with Crippen LogP contribution in [0.4, 0.5) is 4.79 Å². The molecule has 1 N–H and O–H groups in total. The third-order valence-corrected chi connectivity index (χ3v) is 6.94. The average Bonchev–Trinajstić information content (AvgIpc) is 2.92. The number of hydrogen-bond acceptors (Lipinski definition) is 5. The standard InChI is InChI=1S/C28H39N5O3/c1-36-20-6-11-29-27(34)26-10-5-9-25(21-26)23-31-14-18-33(19-15-31)28(35)32-16-12-30(13-17-32)22-24-7-3-2-4-8-24/h2-5,7-10,21H,6,11-20,22-23H2,1H3,(H,29,34). The quantitative estimate of drug-likeness (QED) is 0.544. The number of carbonyl (C=O) groups is 2. The summed E-state index contributed by atoms with van der Waals surface area (Å²) in [5.74, 6) is -0.0489. The van der Waals surface area contributed by atoms with Crippen LogP contribution in [0.5, 0.6) is 0 Å². The highest BCUT2D eigenvalue weighted by Gasteiger charge is 2.28. The van der Waals surface area contributed by atoms with E-state index in [1.54, 1.807) is 7.11 Å². The fourth-order valence-corrected chi connectivity index (χ4v) is 4.83. The molecule has 0 atom stereocenters. The molecule has 194 valence electrons. The Hall–Kier alpha value is -2.94. The lowest BCUT2D eigenvalue weighted by atomic mass is 10.1. The van der Waals surface area contributed by atoms with Gasteiger partial charge in [0.15, 0.2) is 0 Å². The van der Waals surface area contributed by atoms with E-state index < -0.39 is 0 Å². The number of piperazine rings is 2. The zero-order valence-corrected chi connectivity index (χ0v) is 21.4. The number of ether oxygens (including phenoxy) is 1. The minimum absolute atomic E-state index is 0.0489. The van der Waals surface area contributed by atoms with Crippen LogP contribution in [0.3, 0.4) is 0 Å². The Morgan fingerprint density at radius 2 is 1.36 bits per heavy atom. The number of urea groups is 1. The molecule has 2 heterocycles. The highest BCUT2D eigenvalue weighted by molar-refractivity contribution is 5.94. The van der Waals surface area contributed by atoms with Crippen molar-refractivity contribution in [3.8, 4) is 0 Å². The van der Waals surface area contributed by atoms with Gasteiger partial charge in [0, 0.05) is 91.3 Å². The van der Waals surface area contributed by atoms with Crippen molar-refractivity contribution in [3.63, 3.8) is 0 Å². The van der Waals surface area contributed by atoms with E-state index in [9.17, 15) is 9.59 Å². The Morgan fingerprint density at radius 1 is 0.778 bits per heavy atom. The van der Waals surface area contributed by atoms with Gasteiger partial charge in [-0.2, -0.15) is 0 Å². The summed E-state index contributed by atoms with van der Waals surface area (Å²) in [6.45, 7) is 9.52. The molecular formula is C28H39N5O3. The Balaban J connectivity index is 1.18. The van der Waals surface area contributed by atoms with Gasteiger partial charge < -0.3 is 19.9 Å². The molecule has 2 aromatic rings. The lowest BCUT2D eigenvalue weighted by molar-refractivity contribution is 0.0868. The number of nitrogens with one attached hydrogen (secondary N) is 1. The van der Waals surface area contributed by atoms with Gasteiger partial charge in [0.1, 0.15) is 0 Å². The number of nitrogens with zero attached hydrogens (tertiary/aromatic N) is 4. The molecule has 0 bridgehead atoms. The second-order valence-corrected chi connectivity index (χ2v) is 9.60. The normalized spacial score (nSPS) is 17.2. The smallest absolute Gasteiger partial charge is 0.320 e. The molecule has 2 saturated heterocycles. The van der Waals surface area contributed by atoms with Crippen LogP contribution in [0.15, 0.2) is 54.6 Å². The Morgan fingerprint density at radius 3 is 1.97 bits per heavy atom. The molecule has 2 fully saturated rings. The van der Waals surface area contributed by atoms with E-state index in [0.717, 1.165) is 77.4 Å². The Labute approximate surface area is 214 Å². The first-order valence-corrected chi connectivity index (χ1v) is 13.0. The van der Waals surface area contributed by atoms with E-state index >= 15 is 0 Å². The topological polar surface area (TPSA) is 68.4 Å². The van der Waals surface area contributed by atoms with Gasteiger partial charge in [-0.3, -0.25) is 14.6 Å². The molecule has 4 rings (SSSR count). The number of carbonyl (C=O) groups excluding carboxylic acids is 2. The van der Waals surface area contributed by atoms with Gasteiger partial charge in [0.05, 0.1) is 0 Å². The molecule has 8 nitrogen and oxygen atoms in total. The first-order valence-electron chi connectivity index (χ1n) is 13.0. The van der Waals surface area contributed by atoms with Crippen LogP contribution in [-0.2, 0) is 17.8 Å². The second kappa shape index (κ2) is 13.4. The molecule has 36 heavy (non-hydrogen) atoms. The number of benzene rings is 2. The van der Waals surface area contributed by atoms with E-state index in [1.165, 1.54) is 5.56 Å². The molecule has 0 spiro atoms. The van der Waals surface area contributed by atoms with E-state index in [4.69, 9.17) is 4.74 Å². The largest absolute Gasteiger partial charge is 0.385 e. The van der Waals surface area contributed by atoms with Gasteiger partial charge in [-0.15, -0.1) is 0 Å². The van der Waals surface area contributed by atoms with Crippen LogP contribution in [-0.4, -0.2) is 104 Å². The highest BCUT2D eigenvalue weighted by Crippen LogP contribution is 2.14. The van der Waals surface area contributed by atoms with Crippen molar-refractivity contribution >= 4 is 11.9 Å². The fourth-order valence-electron chi connectivity index (χ4n) is 4.83. The van der Waals surface area contributed by atoms with Gasteiger partial charge in [0.25, 0.3) is 5.91 Å². The monoisotopic (exact) mass is 493 g/mol. The Kier molecular flexibility index (Phi) is 9.72. The molecule has 2 aromatic carbocycles. The maximum atomic E-state index is 13.1. The maximum absolute atomic E-state index is 13.1. The van der Waals surface area contributed by atoms with Crippen LogP contribution in [0.25, 0.3) is 0 Å². The lowest BCUT2D eigenvalue weighted by Gasteiger charge is -2.40. The van der Waals surface area contributed by atoms with Crippen LogP contribution >= 0.6 is 0 Å². The summed E-state index contributed by atoms with van der Waals surface area (Å²) in [5, 5.41) is 2.94. The molecule has 3 amide bonds. The SMILES string of the molecule is COCCCNC(=O)c1cccc(CN2CCN(C(=O)N3CCN(Cc4ccccc4)CC3)CC2)c1. The number of hydrogen-bond donors (Lipinski definition) is 1. The van der Waals surface area contributed by atoms with Gasteiger partial charge in [0.2, 0.25) is 0 Å². The van der Waals surface area contributed by atoms with Crippen LogP contribution in [0, 0.1) is 0 Å². The van der Waals surface area contributed by atoms with Crippen molar-refractivity contribution in [1.29, 1.82) is 0 Å². The van der Waals surface area contributed by atoms with E-state index in [-0.39, 0.29) is 11.9 Å². The molecule has 0 unspecified atom stereocenters. The summed E-state index contributed by atoms with van der Waals surface area (Å²) in [6, 6.07) is 18.5. The van der Waals surface area contributed by atoms with Crippen molar-refractivity contribution in [1.82, 2.24) is 24.9 Å². The first-order chi connectivity index (χ1) is 17.6. The molecule has 0 aromatic heterocycles. The first kappa shape index (κ1) is 26.1. The summed E-state index contributed by atoms with van der Waals surface area (Å²) >= 11 is 0. The molecule has 0 saturated carbocycles. The summed E-state index contributed by atoms with van der Waals surface area (Å²) < 4.78 is 5.03. The third kappa shape index (κ3) is 7.53. The van der Waals surface area contributed by atoms with Crippen LogP contribution in [0.2, 0.25) is 0 Å². The molecule has 0 aliphatic carbocycles. The fraction of sp³-hybridized carbons (Fsp3) is 0.500. The van der Waals surface area contributed by atoms with Gasteiger partial charge in [-0.05, 0) is 29.7 Å². The number of methoxy groups -OCH3 is 1. The predicted octanol–water partition coefficient (Wildman–Crippen LogP) is 2.51. The molecule has 2 aliphatic heterocycles. The predicted molar refractivity (Wildman–Crippen MR) is 141 cm³/mol. The van der Waals surface area contributed by atoms with Gasteiger partial charge >= 0.3 is 6.03 Å². The van der Waals surface area contributed by atoms with Crippen molar-refractivity contribution < 1.29 is 14.3 Å². The zero-order chi connectivity index (χ0) is 25.2. The van der Waals surface area contributed by atoms with E-state index in [0.29, 0.717) is 18.7 Å². The average molecular weight is 494 g/mol. The van der Waals surface area contributed by atoms with Gasteiger partial charge in [-0.25, -0.2) is 4.79 Å². The third-order valence-electron chi connectivity index (χ3n) is 6.94. The van der Waals surface area contributed by atoms with Crippen LogP contribution < -0.4 is 5.32 Å². The summed E-state index contributed by atoms with van der Waals surface area (Å²) in [5.41, 5.74) is 3.13. The van der Waals surface area contributed by atoms with Crippen molar-refractivity contribution in [2.75, 3.05) is 72.6 Å². The number of rotatable bonds is 9. The minimum Gasteiger partial charge on any atom is -0.385 e. The molecule has 0 radical (unpaired) electrons.